The molecule has 0 fully saturated rings. The van der Waals surface area contributed by atoms with E-state index in [1.807, 2.05) is 30.3 Å². The summed E-state index contributed by atoms with van der Waals surface area (Å²) < 4.78 is 7.06. The number of rotatable bonds is 2. The van der Waals surface area contributed by atoms with Crippen LogP contribution in [0.5, 0.6) is 5.75 Å². The molecule has 2 nitrogen and oxygen atoms in total. The minimum atomic E-state index is -0.593. The number of benzene rings is 2. The molecule has 1 aliphatic heterocycles. The number of ether oxygens (including phenoxy) is 1. The van der Waals surface area contributed by atoms with Crippen molar-refractivity contribution in [1.82, 2.24) is 0 Å². The van der Waals surface area contributed by atoms with E-state index in [1.54, 1.807) is 11.3 Å². The van der Waals surface area contributed by atoms with Gasteiger partial charge in [0.1, 0.15) is 18.0 Å². The fourth-order valence-corrected chi connectivity index (χ4v) is 3.78. The molecule has 0 bridgehead atoms. The molecule has 20 heavy (non-hydrogen) atoms. The number of fused-ring (bicyclic) bond motifs is 2. The van der Waals surface area contributed by atoms with Gasteiger partial charge in [-0.1, -0.05) is 36.4 Å². The van der Waals surface area contributed by atoms with Crippen LogP contribution < -0.4 is 4.74 Å². The lowest BCUT2D eigenvalue weighted by molar-refractivity contribution is 0.0503. The Morgan fingerprint density at radius 2 is 2.00 bits per heavy atom. The van der Waals surface area contributed by atoms with Crippen LogP contribution in [0.1, 0.15) is 17.2 Å². The molecule has 3 heteroatoms. The van der Waals surface area contributed by atoms with Crippen LogP contribution >= 0.6 is 11.3 Å². The van der Waals surface area contributed by atoms with E-state index in [0.29, 0.717) is 0 Å². The Bertz CT molecular complexity index is 737. The lowest BCUT2D eigenvalue weighted by atomic mass is 9.99. The Hall–Kier alpha value is -1.84. The summed E-state index contributed by atoms with van der Waals surface area (Å²) in [6, 6.07) is 16.2. The van der Waals surface area contributed by atoms with Gasteiger partial charge in [0.15, 0.2) is 0 Å². The third-order valence-corrected chi connectivity index (χ3v) is 4.83. The number of para-hydroxylation sites is 1. The van der Waals surface area contributed by atoms with E-state index in [4.69, 9.17) is 4.74 Å². The first-order valence-electron chi connectivity index (χ1n) is 6.72. The van der Waals surface area contributed by atoms with E-state index >= 15 is 0 Å². The molecule has 0 aliphatic carbocycles. The molecule has 100 valence electrons. The maximum absolute atomic E-state index is 10.7. The van der Waals surface area contributed by atoms with Crippen molar-refractivity contribution in [1.29, 1.82) is 0 Å². The maximum atomic E-state index is 10.7. The van der Waals surface area contributed by atoms with Gasteiger partial charge in [-0.15, -0.1) is 11.3 Å². The molecule has 0 saturated heterocycles. The highest BCUT2D eigenvalue weighted by atomic mass is 32.1. The summed E-state index contributed by atoms with van der Waals surface area (Å²) in [5, 5.41) is 13.9. The number of thiophene rings is 1. The van der Waals surface area contributed by atoms with Crippen LogP contribution in [0.15, 0.2) is 53.9 Å². The van der Waals surface area contributed by atoms with Crippen molar-refractivity contribution in [3.8, 4) is 5.75 Å². The average Bonchev–Trinajstić information content (AvgIpc) is 3.12. The second-order valence-corrected chi connectivity index (χ2v) is 6.02. The molecule has 4 rings (SSSR count). The number of hydrogen-bond donors (Lipinski definition) is 1. The molecule has 2 heterocycles. The van der Waals surface area contributed by atoms with Crippen molar-refractivity contribution in [3.05, 3.63) is 65.0 Å². The molecule has 1 N–H and O–H groups in total. The topological polar surface area (TPSA) is 29.5 Å². The summed E-state index contributed by atoms with van der Waals surface area (Å²) in [6.07, 6.45) is -0.0242. The van der Waals surface area contributed by atoms with Crippen LogP contribution in [0, 0.1) is 0 Å². The van der Waals surface area contributed by atoms with Crippen molar-refractivity contribution in [2.24, 2.45) is 0 Å². The third-order valence-electron chi connectivity index (χ3n) is 3.85. The predicted octanol–water partition coefficient (Wildman–Crippen LogP) is 3.94. The zero-order valence-corrected chi connectivity index (χ0v) is 11.6. The largest absolute Gasteiger partial charge is 0.487 e. The third kappa shape index (κ3) is 1.82. The van der Waals surface area contributed by atoms with Crippen LogP contribution in [0.4, 0.5) is 0 Å². The summed E-state index contributed by atoms with van der Waals surface area (Å²) in [6.45, 7) is 0. The van der Waals surface area contributed by atoms with Crippen LogP contribution in [0.3, 0.4) is 0 Å². The monoisotopic (exact) mass is 282 g/mol. The number of aliphatic hydroxyl groups is 1. The van der Waals surface area contributed by atoms with Gasteiger partial charge >= 0.3 is 0 Å². The Morgan fingerprint density at radius 1 is 1.10 bits per heavy atom. The van der Waals surface area contributed by atoms with E-state index in [1.165, 1.54) is 10.9 Å². The van der Waals surface area contributed by atoms with Gasteiger partial charge in [0.2, 0.25) is 0 Å². The average molecular weight is 282 g/mol. The van der Waals surface area contributed by atoms with Crippen LogP contribution in [0.2, 0.25) is 0 Å². The summed E-state index contributed by atoms with van der Waals surface area (Å²) in [5.74, 6) is 0.898. The summed E-state index contributed by atoms with van der Waals surface area (Å²) >= 11 is 1.67. The molecule has 1 aliphatic rings. The molecule has 0 spiro atoms. The van der Waals surface area contributed by atoms with Crippen LogP contribution in [-0.4, -0.2) is 11.2 Å². The van der Waals surface area contributed by atoms with Gasteiger partial charge in [0.25, 0.3) is 0 Å². The maximum Gasteiger partial charge on any atom is 0.133 e. The molecule has 2 aromatic carbocycles. The minimum Gasteiger partial charge on any atom is -0.487 e. The first-order valence-corrected chi connectivity index (χ1v) is 7.59. The van der Waals surface area contributed by atoms with Crippen molar-refractivity contribution in [2.75, 3.05) is 0 Å². The number of aliphatic hydroxyl groups excluding tert-OH is 1. The first kappa shape index (κ1) is 11.9. The quantitative estimate of drug-likeness (QED) is 0.771. The molecular weight excluding hydrogens is 268 g/mol. The van der Waals surface area contributed by atoms with E-state index in [-0.39, 0.29) is 6.10 Å². The summed E-state index contributed by atoms with van der Waals surface area (Å²) in [4.78, 5) is 0. The molecule has 0 radical (unpaired) electrons. The normalized spacial score (nSPS) is 18.8. The van der Waals surface area contributed by atoms with Gasteiger partial charge in [-0.3, -0.25) is 0 Å². The van der Waals surface area contributed by atoms with Gasteiger partial charge in [-0.2, -0.15) is 0 Å². The highest BCUT2D eigenvalue weighted by Crippen LogP contribution is 2.37. The number of hydrogen-bond acceptors (Lipinski definition) is 3. The second kappa shape index (κ2) is 4.62. The van der Waals surface area contributed by atoms with E-state index in [9.17, 15) is 5.11 Å². The first-order chi connectivity index (χ1) is 9.83. The zero-order chi connectivity index (χ0) is 13.5. The molecular formula is C17H14O2S. The SMILES string of the molecule is OC(c1cccc2ccsc12)C1Cc2ccccc2O1. The predicted molar refractivity (Wildman–Crippen MR) is 81.3 cm³/mol. The summed E-state index contributed by atoms with van der Waals surface area (Å²) in [5.41, 5.74) is 2.14. The molecule has 1 aromatic heterocycles. The molecule has 3 aromatic rings. The van der Waals surface area contributed by atoms with E-state index in [2.05, 4.69) is 23.6 Å². The standard InChI is InChI=1S/C17H14O2S/c18-16(13-6-3-5-11-8-9-20-17(11)13)15-10-12-4-1-2-7-14(12)19-15/h1-9,15-16,18H,10H2. The Labute approximate surface area is 121 Å². The minimum absolute atomic E-state index is 0.194. The smallest absolute Gasteiger partial charge is 0.133 e. The highest BCUT2D eigenvalue weighted by molar-refractivity contribution is 7.17. The summed E-state index contributed by atoms with van der Waals surface area (Å²) in [7, 11) is 0. The van der Waals surface area contributed by atoms with Crippen LogP contribution in [-0.2, 0) is 6.42 Å². The fourth-order valence-electron chi connectivity index (χ4n) is 2.83. The van der Waals surface area contributed by atoms with E-state index < -0.39 is 6.10 Å². The van der Waals surface area contributed by atoms with Crippen molar-refractivity contribution >= 4 is 21.4 Å². The van der Waals surface area contributed by atoms with Crippen molar-refractivity contribution in [2.45, 2.75) is 18.6 Å². The highest BCUT2D eigenvalue weighted by Gasteiger charge is 2.30. The van der Waals surface area contributed by atoms with Crippen molar-refractivity contribution in [3.63, 3.8) is 0 Å². The molecule has 0 amide bonds. The molecule has 0 saturated carbocycles. The Morgan fingerprint density at radius 3 is 2.90 bits per heavy atom. The Kier molecular flexibility index (Phi) is 2.76. The zero-order valence-electron chi connectivity index (χ0n) is 10.8. The van der Waals surface area contributed by atoms with Crippen LogP contribution in [0.25, 0.3) is 10.1 Å². The lowest BCUT2D eigenvalue weighted by Gasteiger charge is -2.19. The molecule has 2 atom stereocenters. The van der Waals surface area contributed by atoms with Gasteiger partial charge < -0.3 is 9.84 Å². The Balaban J connectivity index is 1.69. The van der Waals surface area contributed by atoms with E-state index in [0.717, 1.165) is 22.4 Å². The van der Waals surface area contributed by atoms with Crippen molar-refractivity contribution < 1.29 is 9.84 Å². The lowest BCUT2D eigenvalue weighted by Crippen LogP contribution is -2.23. The second-order valence-electron chi connectivity index (χ2n) is 5.10. The fraction of sp³-hybridized carbons (Fsp3) is 0.176. The van der Waals surface area contributed by atoms with Gasteiger partial charge in [0.05, 0.1) is 0 Å². The molecule has 2 unspecified atom stereocenters. The van der Waals surface area contributed by atoms with Gasteiger partial charge in [0, 0.05) is 16.7 Å². The van der Waals surface area contributed by atoms with Gasteiger partial charge in [-0.25, -0.2) is 0 Å². The van der Waals surface area contributed by atoms with Gasteiger partial charge in [-0.05, 0) is 28.5 Å².